The second kappa shape index (κ2) is 6.04. The molecule has 0 aliphatic rings. The Hall–Kier alpha value is -2.58. The number of hydrogen-bond donors (Lipinski definition) is 1. The van der Waals surface area contributed by atoms with Crippen molar-refractivity contribution in [2.24, 2.45) is 0 Å². The molecule has 0 radical (unpaired) electrons. The van der Waals surface area contributed by atoms with Gasteiger partial charge in [0.1, 0.15) is 5.75 Å². The van der Waals surface area contributed by atoms with Crippen LogP contribution in [0, 0.1) is 0 Å². The molecule has 22 heavy (non-hydrogen) atoms. The lowest BCUT2D eigenvalue weighted by Gasteiger charge is -2.10. The molecule has 0 aliphatic carbocycles. The van der Waals surface area contributed by atoms with Gasteiger partial charge >= 0.3 is 12.3 Å². The standard InChI is InChI=1S/C13H12F3N3O3/c1-2-3-10-11(12(20)21)17-18-19(10)8-4-6-9(7-5-8)22-13(14,15)16/h4-7H,2-3H2,1H3,(H,20,21). The average Bonchev–Trinajstić information content (AvgIpc) is 2.82. The summed E-state index contributed by atoms with van der Waals surface area (Å²) in [6.45, 7) is 1.86. The summed E-state index contributed by atoms with van der Waals surface area (Å²) in [7, 11) is 0. The highest BCUT2D eigenvalue weighted by atomic mass is 19.4. The fourth-order valence-corrected chi connectivity index (χ4v) is 1.93. The van der Waals surface area contributed by atoms with E-state index in [9.17, 15) is 18.0 Å². The van der Waals surface area contributed by atoms with E-state index in [0.29, 0.717) is 24.2 Å². The van der Waals surface area contributed by atoms with Gasteiger partial charge in [0.2, 0.25) is 0 Å². The zero-order chi connectivity index (χ0) is 16.3. The van der Waals surface area contributed by atoms with Crippen molar-refractivity contribution < 1.29 is 27.8 Å². The molecule has 1 heterocycles. The summed E-state index contributed by atoms with van der Waals surface area (Å²) in [5.74, 6) is -1.57. The quantitative estimate of drug-likeness (QED) is 0.918. The maximum Gasteiger partial charge on any atom is 0.573 e. The fraction of sp³-hybridized carbons (Fsp3) is 0.308. The number of aromatic carboxylic acids is 1. The molecule has 0 unspecified atom stereocenters. The van der Waals surface area contributed by atoms with Crippen LogP contribution in [-0.4, -0.2) is 32.4 Å². The SMILES string of the molecule is CCCc1c(C(=O)O)nnn1-c1ccc(OC(F)(F)F)cc1. The molecule has 1 aromatic heterocycles. The molecule has 6 nitrogen and oxygen atoms in total. The Balaban J connectivity index is 2.34. The van der Waals surface area contributed by atoms with Gasteiger partial charge in [0.15, 0.2) is 5.69 Å². The van der Waals surface area contributed by atoms with Gasteiger partial charge in [-0.1, -0.05) is 18.6 Å². The molecule has 0 amide bonds. The maximum absolute atomic E-state index is 12.1. The Morgan fingerprint density at radius 3 is 2.45 bits per heavy atom. The number of aromatic nitrogens is 3. The first-order valence-electron chi connectivity index (χ1n) is 6.36. The Morgan fingerprint density at radius 1 is 1.32 bits per heavy atom. The molecule has 2 aromatic rings. The van der Waals surface area contributed by atoms with Gasteiger partial charge in [-0.05, 0) is 30.7 Å². The maximum atomic E-state index is 12.1. The van der Waals surface area contributed by atoms with Crippen LogP contribution in [0.5, 0.6) is 5.75 Å². The van der Waals surface area contributed by atoms with Crippen molar-refractivity contribution in [1.29, 1.82) is 0 Å². The number of ether oxygens (including phenoxy) is 1. The number of alkyl halides is 3. The number of hydrogen-bond acceptors (Lipinski definition) is 4. The van der Waals surface area contributed by atoms with Gasteiger partial charge in [0.05, 0.1) is 11.4 Å². The van der Waals surface area contributed by atoms with Gasteiger partial charge < -0.3 is 9.84 Å². The molecule has 0 spiro atoms. The molecule has 0 aliphatic heterocycles. The summed E-state index contributed by atoms with van der Waals surface area (Å²) in [6.07, 6.45) is -3.67. The van der Waals surface area contributed by atoms with Crippen LogP contribution in [0.4, 0.5) is 13.2 Å². The van der Waals surface area contributed by atoms with Crippen molar-refractivity contribution >= 4 is 5.97 Å². The Bertz CT molecular complexity index is 665. The summed E-state index contributed by atoms with van der Waals surface area (Å²) in [5, 5.41) is 16.4. The minimum absolute atomic E-state index is 0.169. The van der Waals surface area contributed by atoms with Crippen molar-refractivity contribution in [2.45, 2.75) is 26.1 Å². The van der Waals surface area contributed by atoms with E-state index in [1.165, 1.54) is 16.8 Å². The molecule has 0 saturated carbocycles. The van der Waals surface area contributed by atoms with E-state index in [-0.39, 0.29) is 11.4 Å². The number of nitrogens with zero attached hydrogens (tertiary/aromatic N) is 3. The molecule has 2 rings (SSSR count). The summed E-state index contributed by atoms with van der Waals surface area (Å²) in [6, 6.07) is 4.95. The summed E-state index contributed by atoms with van der Waals surface area (Å²) in [4.78, 5) is 11.1. The van der Waals surface area contributed by atoms with Crippen LogP contribution < -0.4 is 4.74 Å². The third kappa shape index (κ3) is 3.54. The van der Waals surface area contributed by atoms with Gasteiger partial charge in [-0.2, -0.15) is 0 Å². The monoisotopic (exact) mass is 315 g/mol. The van der Waals surface area contributed by atoms with Gasteiger partial charge in [0.25, 0.3) is 0 Å². The number of rotatable bonds is 5. The second-order valence-corrected chi connectivity index (χ2v) is 4.39. The molecule has 1 aromatic carbocycles. The second-order valence-electron chi connectivity index (χ2n) is 4.39. The van der Waals surface area contributed by atoms with E-state index in [1.54, 1.807) is 0 Å². The minimum atomic E-state index is -4.77. The number of halogens is 3. The molecular formula is C13H12F3N3O3. The van der Waals surface area contributed by atoms with Crippen LogP contribution >= 0.6 is 0 Å². The summed E-state index contributed by atoms with van der Waals surface area (Å²) >= 11 is 0. The Kier molecular flexibility index (Phi) is 4.34. The normalized spacial score (nSPS) is 11.5. The summed E-state index contributed by atoms with van der Waals surface area (Å²) in [5.41, 5.74) is 0.620. The minimum Gasteiger partial charge on any atom is -0.476 e. The first-order valence-corrected chi connectivity index (χ1v) is 6.36. The van der Waals surface area contributed by atoms with Gasteiger partial charge in [-0.25, -0.2) is 9.48 Å². The lowest BCUT2D eigenvalue weighted by atomic mass is 10.2. The third-order valence-electron chi connectivity index (χ3n) is 2.77. The zero-order valence-electron chi connectivity index (χ0n) is 11.5. The Morgan fingerprint density at radius 2 is 1.95 bits per heavy atom. The Labute approximate surface area is 123 Å². The topological polar surface area (TPSA) is 77.2 Å². The highest BCUT2D eigenvalue weighted by Crippen LogP contribution is 2.24. The molecule has 118 valence electrons. The molecule has 0 fully saturated rings. The van der Waals surface area contributed by atoms with Crippen molar-refractivity contribution in [3.05, 3.63) is 35.7 Å². The average molecular weight is 315 g/mol. The van der Waals surface area contributed by atoms with Crippen LogP contribution in [0.2, 0.25) is 0 Å². The largest absolute Gasteiger partial charge is 0.573 e. The highest BCUT2D eigenvalue weighted by Gasteiger charge is 2.31. The molecule has 9 heteroatoms. The van der Waals surface area contributed by atoms with Crippen molar-refractivity contribution in [2.75, 3.05) is 0 Å². The molecular weight excluding hydrogens is 303 g/mol. The number of benzene rings is 1. The van der Waals surface area contributed by atoms with Gasteiger partial charge in [-0.15, -0.1) is 18.3 Å². The zero-order valence-corrected chi connectivity index (χ0v) is 11.5. The smallest absolute Gasteiger partial charge is 0.476 e. The van der Waals surface area contributed by atoms with E-state index in [2.05, 4.69) is 15.0 Å². The first kappa shape index (κ1) is 15.8. The first-order chi connectivity index (χ1) is 10.3. The van der Waals surface area contributed by atoms with E-state index in [4.69, 9.17) is 5.11 Å². The lowest BCUT2D eigenvalue weighted by Crippen LogP contribution is -2.17. The van der Waals surface area contributed by atoms with E-state index < -0.39 is 12.3 Å². The van der Waals surface area contributed by atoms with Crippen LogP contribution in [-0.2, 0) is 6.42 Å². The predicted molar refractivity (Wildman–Crippen MR) is 69.0 cm³/mol. The van der Waals surface area contributed by atoms with Crippen molar-refractivity contribution in [1.82, 2.24) is 15.0 Å². The fourth-order valence-electron chi connectivity index (χ4n) is 1.93. The molecule has 0 bridgehead atoms. The van der Waals surface area contributed by atoms with Crippen molar-refractivity contribution in [3.63, 3.8) is 0 Å². The predicted octanol–water partition coefficient (Wildman–Crippen LogP) is 2.82. The van der Waals surface area contributed by atoms with Crippen LogP contribution in [0.3, 0.4) is 0 Å². The summed E-state index contributed by atoms with van der Waals surface area (Å²) < 4.78 is 41.4. The lowest BCUT2D eigenvalue weighted by molar-refractivity contribution is -0.274. The van der Waals surface area contributed by atoms with E-state index in [1.807, 2.05) is 6.92 Å². The van der Waals surface area contributed by atoms with Crippen LogP contribution in [0.25, 0.3) is 5.69 Å². The van der Waals surface area contributed by atoms with Crippen LogP contribution in [0.15, 0.2) is 24.3 Å². The van der Waals surface area contributed by atoms with Gasteiger partial charge in [0, 0.05) is 0 Å². The van der Waals surface area contributed by atoms with E-state index in [0.717, 1.165) is 12.1 Å². The number of carboxylic acid groups (broad SMARTS) is 1. The molecule has 0 saturated heterocycles. The third-order valence-corrected chi connectivity index (χ3v) is 2.77. The number of carboxylic acids is 1. The number of carbonyl (C=O) groups is 1. The van der Waals surface area contributed by atoms with Gasteiger partial charge in [-0.3, -0.25) is 0 Å². The van der Waals surface area contributed by atoms with Crippen LogP contribution in [0.1, 0.15) is 29.5 Å². The molecule has 1 N–H and O–H groups in total. The van der Waals surface area contributed by atoms with E-state index >= 15 is 0 Å². The highest BCUT2D eigenvalue weighted by molar-refractivity contribution is 5.86. The van der Waals surface area contributed by atoms with Crippen molar-refractivity contribution in [3.8, 4) is 11.4 Å². The molecule has 0 atom stereocenters.